The summed E-state index contributed by atoms with van der Waals surface area (Å²) in [6.07, 6.45) is 2.35. The zero-order chi connectivity index (χ0) is 11.8. The summed E-state index contributed by atoms with van der Waals surface area (Å²) in [5.74, 6) is 1.69. The molecule has 1 aromatic carbocycles. The van der Waals surface area contributed by atoms with Crippen molar-refractivity contribution in [3.05, 3.63) is 29.3 Å². The first-order valence-corrected chi connectivity index (χ1v) is 6.23. The van der Waals surface area contributed by atoms with Crippen molar-refractivity contribution in [3.8, 4) is 5.75 Å². The molecule has 0 fully saturated rings. The maximum atomic E-state index is 5.90. The van der Waals surface area contributed by atoms with Crippen LogP contribution in [0.2, 0.25) is 0 Å². The second-order valence-corrected chi connectivity index (χ2v) is 5.97. The van der Waals surface area contributed by atoms with Gasteiger partial charge in [-0.1, -0.05) is 39.8 Å². The average molecular weight is 218 g/mol. The molecule has 1 aliphatic rings. The van der Waals surface area contributed by atoms with Crippen LogP contribution in [-0.4, -0.2) is 6.61 Å². The van der Waals surface area contributed by atoms with Gasteiger partial charge in [0.25, 0.3) is 0 Å². The van der Waals surface area contributed by atoms with E-state index in [1.807, 2.05) is 0 Å². The molecular weight excluding hydrogens is 196 g/mol. The molecule has 88 valence electrons. The van der Waals surface area contributed by atoms with Crippen molar-refractivity contribution in [2.24, 2.45) is 5.41 Å². The van der Waals surface area contributed by atoms with Gasteiger partial charge in [0.15, 0.2) is 0 Å². The van der Waals surface area contributed by atoms with Gasteiger partial charge in [0, 0.05) is 0 Å². The molecule has 0 amide bonds. The second-order valence-electron chi connectivity index (χ2n) is 5.97. The van der Waals surface area contributed by atoms with Gasteiger partial charge < -0.3 is 4.74 Å². The monoisotopic (exact) mass is 218 g/mol. The van der Waals surface area contributed by atoms with Crippen LogP contribution in [0.3, 0.4) is 0 Å². The Kier molecular flexibility index (Phi) is 2.96. The van der Waals surface area contributed by atoms with Crippen LogP contribution >= 0.6 is 0 Å². The first-order valence-electron chi connectivity index (χ1n) is 6.23. The molecule has 1 nitrogen and oxygen atoms in total. The molecule has 0 bridgehead atoms. The predicted octanol–water partition coefficient (Wildman–Crippen LogP) is 4.16. The lowest BCUT2D eigenvalue weighted by molar-refractivity contribution is 0.182. The number of aryl methyl sites for hydroxylation is 1. The lowest BCUT2D eigenvalue weighted by atomic mass is 9.87. The van der Waals surface area contributed by atoms with Gasteiger partial charge in [-0.05, 0) is 41.4 Å². The fraction of sp³-hybridized carbons (Fsp3) is 0.600. The molecule has 2 rings (SSSR count). The van der Waals surface area contributed by atoms with E-state index >= 15 is 0 Å². The molecule has 0 unspecified atom stereocenters. The molecule has 16 heavy (non-hydrogen) atoms. The number of ether oxygens (including phenoxy) is 1. The summed E-state index contributed by atoms with van der Waals surface area (Å²) >= 11 is 0. The Hall–Kier alpha value is -0.980. The van der Waals surface area contributed by atoms with Gasteiger partial charge in [0.2, 0.25) is 0 Å². The molecule has 0 atom stereocenters. The topological polar surface area (TPSA) is 9.23 Å². The third kappa shape index (κ3) is 2.40. The third-order valence-electron chi connectivity index (χ3n) is 3.44. The molecule has 0 radical (unpaired) electrons. The number of benzene rings is 1. The minimum Gasteiger partial charge on any atom is -0.493 e. The van der Waals surface area contributed by atoms with Crippen molar-refractivity contribution in [2.75, 3.05) is 6.61 Å². The van der Waals surface area contributed by atoms with E-state index < -0.39 is 0 Å². The van der Waals surface area contributed by atoms with Crippen LogP contribution in [0.15, 0.2) is 18.2 Å². The summed E-state index contributed by atoms with van der Waals surface area (Å²) in [7, 11) is 0. The Morgan fingerprint density at radius 1 is 1.25 bits per heavy atom. The molecule has 0 spiro atoms. The Labute approximate surface area is 98.8 Å². The largest absolute Gasteiger partial charge is 0.493 e. The quantitative estimate of drug-likeness (QED) is 0.687. The smallest absolute Gasteiger partial charge is 0.122 e. The maximum absolute atomic E-state index is 5.90. The van der Waals surface area contributed by atoms with Gasteiger partial charge >= 0.3 is 0 Å². The summed E-state index contributed by atoms with van der Waals surface area (Å²) in [5, 5.41) is 0. The number of fused-ring (bicyclic) bond motifs is 1. The van der Waals surface area contributed by atoms with E-state index in [1.54, 1.807) is 0 Å². The minimum atomic E-state index is 0.303. The summed E-state index contributed by atoms with van der Waals surface area (Å²) in [6, 6.07) is 6.66. The van der Waals surface area contributed by atoms with E-state index in [-0.39, 0.29) is 0 Å². The van der Waals surface area contributed by atoms with Gasteiger partial charge in [-0.25, -0.2) is 0 Å². The highest BCUT2D eigenvalue weighted by atomic mass is 16.5. The number of rotatable bonds is 1. The lowest BCUT2D eigenvalue weighted by Gasteiger charge is -2.20. The third-order valence-corrected chi connectivity index (χ3v) is 3.44. The lowest BCUT2D eigenvalue weighted by Crippen LogP contribution is -2.19. The van der Waals surface area contributed by atoms with Crippen LogP contribution in [0.25, 0.3) is 0 Å². The van der Waals surface area contributed by atoms with Crippen molar-refractivity contribution < 1.29 is 4.74 Å². The van der Waals surface area contributed by atoms with E-state index in [4.69, 9.17) is 4.74 Å². The fourth-order valence-electron chi connectivity index (χ4n) is 2.11. The minimum absolute atomic E-state index is 0.303. The molecule has 0 N–H and O–H groups in total. The van der Waals surface area contributed by atoms with Crippen molar-refractivity contribution in [1.29, 1.82) is 0 Å². The van der Waals surface area contributed by atoms with Gasteiger partial charge in [-0.3, -0.25) is 0 Å². The normalized spacial score (nSPS) is 18.8. The van der Waals surface area contributed by atoms with Crippen molar-refractivity contribution in [1.82, 2.24) is 0 Å². The molecule has 1 heteroatoms. The van der Waals surface area contributed by atoms with Crippen molar-refractivity contribution in [2.45, 2.75) is 46.5 Å². The standard InChI is InChI=1S/C15H22O/c1-11(2)12-5-6-14-13(9-12)7-8-15(3,4)10-16-14/h5-6,9,11H,7-8,10H2,1-4H3. The van der Waals surface area contributed by atoms with E-state index in [9.17, 15) is 0 Å². The summed E-state index contributed by atoms with van der Waals surface area (Å²) in [5.41, 5.74) is 3.11. The molecule has 0 saturated heterocycles. The Bertz CT molecular complexity index is 377. The molecule has 1 heterocycles. The highest BCUT2D eigenvalue weighted by Crippen LogP contribution is 2.33. The highest BCUT2D eigenvalue weighted by Gasteiger charge is 2.23. The van der Waals surface area contributed by atoms with Crippen LogP contribution in [0.4, 0.5) is 0 Å². The van der Waals surface area contributed by atoms with Crippen molar-refractivity contribution >= 4 is 0 Å². The number of hydrogen-bond donors (Lipinski definition) is 0. The Morgan fingerprint density at radius 3 is 2.69 bits per heavy atom. The van der Waals surface area contributed by atoms with E-state index in [1.165, 1.54) is 17.5 Å². The first kappa shape index (κ1) is 11.5. The maximum Gasteiger partial charge on any atom is 0.122 e. The molecule has 1 aliphatic heterocycles. The van der Waals surface area contributed by atoms with Gasteiger partial charge in [0.1, 0.15) is 5.75 Å². The average Bonchev–Trinajstić information content (AvgIpc) is 2.38. The predicted molar refractivity (Wildman–Crippen MR) is 68.1 cm³/mol. The van der Waals surface area contributed by atoms with E-state index in [0.29, 0.717) is 11.3 Å². The zero-order valence-corrected chi connectivity index (χ0v) is 10.8. The van der Waals surface area contributed by atoms with Crippen molar-refractivity contribution in [3.63, 3.8) is 0 Å². The molecule has 0 aliphatic carbocycles. The van der Waals surface area contributed by atoms with E-state index in [0.717, 1.165) is 18.8 Å². The van der Waals surface area contributed by atoms with Gasteiger partial charge in [-0.15, -0.1) is 0 Å². The first-order chi connectivity index (χ1) is 7.48. The van der Waals surface area contributed by atoms with Crippen LogP contribution in [0.5, 0.6) is 5.75 Å². The van der Waals surface area contributed by atoms with Gasteiger partial charge in [-0.2, -0.15) is 0 Å². The van der Waals surface area contributed by atoms with Crippen LogP contribution in [0.1, 0.15) is 51.2 Å². The summed E-state index contributed by atoms with van der Waals surface area (Å²) in [6.45, 7) is 9.87. The molecule has 0 aromatic heterocycles. The number of hydrogen-bond acceptors (Lipinski definition) is 1. The zero-order valence-electron chi connectivity index (χ0n) is 10.8. The van der Waals surface area contributed by atoms with Crippen LogP contribution in [0, 0.1) is 5.41 Å². The van der Waals surface area contributed by atoms with Crippen LogP contribution in [-0.2, 0) is 6.42 Å². The second kappa shape index (κ2) is 4.12. The van der Waals surface area contributed by atoms with Crippen LogP contribution < -0.4 is 4.74 Å². The summed E-state index contributed by atoms with van der Waals surface area (Å²) < 4.78 is 5.90. The SMILES string of the molecule is CC(C)c1ccc2c(c1)CCC(C)(C)CO2. The highest BCUT2D eigenvalue weighted by molar-refractivity contribution is 5.39. The van der Waals surface area contributed by atoms with Gasteiger partial charge in [0.05, 0.1) is 6.61 Å². The Balaban J connectivity index is 2.29. The molecule has 0 saturated carbocycles. The summed E-state index contributed by atoms with van der Waals surface area (Å²) in [4.78, 5) is 0. The van der Waals surface area contributed by atoms with E-state index in [2.05, 4.69) is 45.9 Å². The fourth-order valence-corrected chi connectivity index (χ4v) is 2.11. The molecule has 1 aromatic rings. The Morgan fingerprint density at radius 2 is 2.00 bits per heavy atom. The molecular formula is C15H22O.